The molecule has 0 unspecified atom stereocenters. The number of halogens is 1. The average Bonchev–Trinajstić information content (AvgIpc) is 2.64. The average molecular weight is 356 g/mol. The summed E-state index contributed by atoms with van der Waals surface area (Å²) in [7, 11) is 1.62. The fourth-order valence-electron chi connectivity index (χ4n) is 2.61. The largest absolute Gasteiger partial charge is 0.496 e. The van der Waals surface area contributed by atoms with Crippen molar-refractivity contribution in [2.45, 2.75) is 13.5 Å². The molecule has 1 heterocycles. The van der Waals surface area contributed by atoms with E-state index in [1.54, 1.807) is 30.1 Å². The van der Waals surface area contributed by atoms with Crippen LogP contribution in [0.25, 0.3) is 5.69 Å². The van der Waals surface area contributed by atoms with Crippen LogP contribution in [0.5, 0.6) is 5.75 Å². The Morgan fingerprint density at radius 3 is 2.80 bits per heavy atom. The van der Waals surface area contributed by atoms with Crippen molar-refractivity contribution in [1.82, 2.24) is 9.55 Å². The van der Waals surface area contributed by atoms with E-state index in [9.17, 15) is 4.79 Å². The van der Waals surface area contributed by atoms with Gasteiger partial charge in [-0.2, -0.15) is 0 Å². The van der Waals surface area contributed by atoms with Gasteiger partial charge < -0.3 is 10.1 Å². The van der Waals surface area contributed by atoms with Gasteiger partial charge in [-0.05, 0) is 30.7 Å². The zero-order valence-corrected chi connectivity index (χ0v) is 14.7. The molecule has 0 aliphatic heterocycles. The number of aromatic nitrogens is 2. The molecule has 6 heteroatoms. The first-order chi connectivity index (χ1) is 12.1. The van der Waals surface area contributed by atoms with Crippen molar-refractivity contribution in [3.05, 3.63) is 81.4 Å². The third-order valence-electron chi connectivity index (χ3n) is 3.98. The van der Waals surface area contributed by atoms with E-state index in [4.69, 9.17) is 16.3 Å². The van der Waals surface area contributed by atoms with E-state index >= 15 is 0 Å². The second-order valence-corrected chi connectivity index (χ2v) is 5.91. The Morgan fingerprint density at radius 1 is 1.20 bits per heavy atom. The number of rotatable bonds is 5. The molecule has 0 saturated carbocycles. The SMILES string of the molecule is COc1ccccc1CNc1nccn(-c2cccc(Cl)c2C)c1=O. The van der Waals surface area contributed by atoms with Crippen LogP contribution >= 0.6 is 11.6 Å². The number of hydrogen-bond donors (Lipinski definition) is 1. The molecule has 0 atom stereocenters. The third kappa shape index (κ3) is 3.51. The molecular formula is C19H18ClN3O2. The number of benzene rings is 2. The molecule has 0 aliphatic rings. The maximum absolute atomic E-state index is 12.8. The topological polar surface area (TPSA) is 56.1 Å². The summed E-state index contributed by atoms with van der Waals surface area (Å²) < 4.78 is 6.87. The van der Waals surface area contributed by atoms with Crippen molar-refractivity contribution in [3.63, 3.8) is 0 Å². The number of para-hydroxylation sites is 1. The maximum atomic E-state index is 12.8. The molecule has 2 aromatic carbocycles. The van der Waals surface area contributed by atoms with Gasteiger partial charge in [0, 0.05) is 29.5 Å². The molecule has 3 aromatic rings. The summed E-state index contributed by atoms with van der Waals surface area (Å²) in [6.45, 7) is 2.32. The zero-order chi connectivity index (χ0) is 17.8. The molecule has 0 amide bonds. The highest BCUT2D eigenvalue weighted by Gasteiger charge is 2.10. The lowest BCUT2D eigenvalue weighted by Gasteiger charge is -2.13. The van der Waals surface area contributed by atoms with Gasteiger partial charge in [0.15, 0.2) is 5.82 Å². The van der Waals surface area contributed by atoms with Crippen molar-refractivity contribution in [2.24, 2.45) is 0 Å². The molecule has 0 saturated heterocycles. The van der Waals surface area contributed by atoms with Gasteiger partial charge >= 0.3 is 0 Å². The van der Waals surface area contributed by atoms with Crippen LogP contribution < -0.4 is 15.6 Å². The minimum absolute atomic E-state index is 0.234. The first-order valence-electron chi connectivity index (χ1n) is 7.80. The summed E-state index contributed by atoms with van der Waals surface area (Å²) in [6, 6.07) is 13.1. The summed E-state index contributed by atoms with van der Waals surface area (Å²) in [6.07, 6.45) is 3.22. The smallest absolute Gasteiger partial charge is 0.297 e. The summed E-state index contributed by atoms with van der Waals surface area (Å²) in [5.41, 5.74) is 2.29. The summed E-state index contributed by atoms with van der Waals surface area (Å²) >= 11 is 6.17. The molecule has 1 N–H and O–H groups in total. The second-order valence-electron chi connectivity index (χ2n) is 5.50. The molecule has 25 heavy (non-hydrogen) atoms. The van der Waals surface area contributed by atoms with Crippen molar-refractivity contribution >= 4 is 17.4 Å². The molecule has 0 spiro atoms. The van der Waals surface area contributed by atoms with Gasteiger partial charge in [-0.3, -0.25) is 9.36 Å². The van der Waals surface area contributed by atoms with E-state index in [1.807, 2.05) is 43.3 Å². The highest BCUT2D eigenvalue weighted by molar-refractivity contribution is 6.31. The van der Waals surface area contributed by atoms with Crippen LogP contribution in [0.2, 0.25) is 5.02 Å². The Hall–Kier alpha value is -2.79. The minimum Gasteiger partial charge on any atom is -0.496 e. The van der Waals surface area contributed by atoms with Crippen molar-refractivity contribution in [2.75, 3.05) is 12.4 Å². The second kappa shape index (κ2) is 7.40. The first-order valence-corrected chi connectivity index (χ1v) is 8.18. The highest BCUT2D eigenvalue weighted by Crippen LogP contribution is 2.21. The number of ether oxygens (including phenoxy) is 1. The number of nitrogens with zero attached hydrogens (tertiary/aromatic N) is 2. The van der Waals surface area contributed by atoms with Crippen LogP contribution in [-0.2, 0) is 6.54 Å². The van der Waals surface area contributed by atoms with Crippen LogP contribution in [-0.4, -0.2) is 16.7 Å². The van der Waals surface area contributed by atoms with Gasteiger partial charge in [0.2, 0.25) is 0 Å². The Labute approximate surface area is 150 Å². The summed E-state index contributed by atoms with van der Waals surface area (Å²) in [5.74, 6) is 1.03. The number of methoxy groups -OCH3 is 1. The number of nitrogens with one attached hydrogen (secondary N) is 1. The van der Waals surface area contributed by atoms with Crippen LogP contribution in [0.4, 0.5) is 5.82 Å². The summed E-state index contributed by atoms with van der Waals surface area (Å²) in [4.78, 5) is 16.9. The Morgan fingerprint density at radius 2 is 2.00 bits per heavy atom. The van der Waals surface area contributed by atoms with E-state index in [0.717, 1.165) is 22.6 Å². The van der Waals surface area contributed by atoms with Crippen LogP contribution in [0.15, 0.2) is 59.7 Å². The molecule has 0 fully saturated rings. The zero-order valence-electron chi connectivity index (χ0n) is 14.0. The third-order valence-corrected chi connectivity index (χ3v) is 4.39. The minimum atomic E-state index is -0.234. The van der Waals surface area contributed by atoms with E-state index < -0.39 is 0 Å². The van der Waals surface area contributed by atoms with Gasteiger partial charge in [0.05, 0.1) is 12.8 Å². The lowest BCUT2D eigenvalue weighted by atomic mass is 10.2. The van der Waals surface area contributed by atoms with Crippen molar-refractivity contribution in [3.8, 4) is 11.4 Å². The molecule has 128 valence electrons. The van der Waals surface area contributed by atoms with E-state index in [2.05, 4.69) is 10.3 Å². The molecular weight excluding hydrogens is 338 g/mol. The van der Waals surface area contributed by atoms with Gasteiger partial charge in [0.25, 0.3) is 5.56 Å². The van der Waals surface area contributed by atoms with E-state index in [-0.39, 0.29) is 11.4 Å². The first kappa shape index (κ1) is 17.0. The lowest BCUT2D eigenvalue weighted by molar-refractivity contribution is 0.410. The molecule has 0 aliphatic carbocycles. The van der Waals surface area contributed by atoms with Gasteiger partial charge in [-0.1, -0.05) is 35.9 Å². The predicted octanol–water partition coefficient (Wildman–Crippen LogP) is 3.82. The van der Waals surface area contributed by atoms with E-state index in [1.165, 1.54) is 0 Å². The van der Waals surface area contributed by atoms with Gasteiger partial charge in [0.1, 0.15) is 5.75 Å². The summed E-state index contributed by atoms with van der Waals surface area (Å²) in [5, 5.41) is 3.71. The molecule has 3 rings (SSSR count). The molecule has 0 radical (unpaired) electrons. The highest BCUT2D eigenvalue weighted by atomic mass is 35.5. The van der Waals surface area contributed by atoms with Crippen LogP contribution in [0, 0.1) is 6.92 Å². The Bertz CT molecular complexity index is 953. The van der Waals surface area contributed by atoms with Crippen molar-refractivity contribution < 1.29 is 4.74 Å². The Kier molecular flexibility index (Phi) is 5.05. The van der Waals surface area contributed by atoms with Crippen LogP contribution in [0.3, 0.4) is 0 Å². The lowest BCUT2D eigenvalue weighted by Crippen LogP contribution is -2.23. The standard InChI is InChI=1S/C19H18ClN3O2/c1-13-15(20)7-5-8-16(13)23-11-10-21-18(19(23)24)22-12-14-6-3-4-9-17(14)25-2/h3-11H,12H2,1-2H3,(H,21,22). The fourth-order valence-corrected chi connectivity index (χ4v) is 2.78. The fraction of sp³-hybridized carbons (Fsp3) is 0.158. The predicted molar refractivity (Wildman–Crippen MR) is 99.9 cm³/mol. The van der Waals surface area contributed by atoms with Gasteiger partial charge in [-0.15, -0.1) is 0 Å². The van der Waals surface area contributed by atoms with Gasteiger partial charge in [-0.25, -0.2) is 4.98 Å². The monoisotopic (exact) mass is 355 g/mol. The molecule has 1 aromatic heterocycles. The number of hydrogen-bond acceptors (Lipinski definition) is 4. The van der Waals surface area contributed by atoms with Crippen LogP contribution in [0.1, 0.15) is 11.1 Å². The quantitative estimate of drug-likeness (QED) is 0.756. The maximum Gasteiger partial charge on any atom is 0.297 e. The Balaban J connectivity index is 1.92. The van der Waals surface area contributed by atoms with E-state index in [0.29, 0.717) is 11.6 Å². The molecule has 5 nitrogen and oxygen atoms in total. The number of anilines is 1. The van der Waals surface area contributed by atoms with Crippen molar-refractivity contribution in [1.29, 1.82) is 0 Å². The molecule has 0 bridgehead atoms. The normalized spacial score (nSPS) is 10.5.